The highest BCUT2D eigenvalue weighted by atomic mass is 32.1. The van der Waals surface area contributed by atoms with Crippen molar-refractivity contribution in [2.45, 2.75) is 52.2 Å². The van der Waals surface area contributed by atoms with E-state index in [2.05, 4.69) is 18.3 Å². The maximum absolute atomic E-state index is 14.2. The minimum atomic E-state index is -0.771. The quantitative estimate of drug-likeness (QED) is 0.156. The van der Waals surface area contributed by atoms with E-state index in [-0.39, 0.29) is 29.8 Å². The Balaban J connectivity index is 1.38. The van der Waals surface area contributed by atoms with Crippen LogP contribution < -0.4 is 10.9 Å². The first-order valence-electron chi connectivity index (χ1n) is 16.6. The molecule has 3 atom stereocenters. The topological polar surface area (TPSA) is 126 Å². The van der Waals surface area contributed by atoms with Gasteiger partial charge in [0.05, 0.1) is 34.1 Å². The zero-order chi connectivity index (χ0) is 34.0. The van der Waals surface area contributed by atoms with E-state index in [1.807, 2.05) is 68.0 Å². The van der Waals surface area contributed by atoms with Gasteiger partial charge in [0.2, 0.25) is 6.29 Å². The van der Waals surface area contributed by atoms with Crippen LogP contribution in [0.5, 0.6) is 0 Å². The summed E-state index contributed by atoms with van der Waals surface area (Å²) in [5.41, 5.74) is 4.10. The van der Waals surface area contributed by atoms with E-state index in [1.54, 1.807) is 22.1 Å². The summed E-state index contributed by atoms with van der Waals surface area (Å²) in [7, 11) is 1.86. The van der Waals surface area contributed by atoms with E-state index < -0.39 is 12.2 Å². The third-order valence-corrected chi connectivity index (χ3v) is 9.58. The van der Waals surface area contributed by atoms with Gasteiger partial charge in [0, 0.05) is 69.5 Å². The van der Waals surface area contributed by atoms with Crippen LogP contribution in [0.25, 0.3) is 15.9 Å². The number of nitrogens with one attached hydrogen (secondary N) is 1. The van der Waals surface area contributed by atoms with Crippen LogP contribution in [-0.4, -0.2) is 77.8 Å². The summed E-state index contributed by atoms with van der Waals surface area (Å²) in [5, 5.41) is 12.9. The largest absolute Gasteiger partial charge is 0.459 e. The molecule has 0 aliphatic carbocycles. The molecule has 5 rings (SSSR count). The maximum atomic E-state index is 14.2. The highest BCUT2D eigenvalue weighted by Gasteiger charge is 2.41. The number of thiazole rings is 1. The van der Waals surface area contributed by atoms with Gasteiger partial charge in [0.25, 0.3) is 11.5 Å². The van der Waals surface area contributed by atoms with Gasteiger partial charge in [-0.05, 0) is 69.5 Å². The summed E-state index contributed by atoms with van der Waals surface area (Å²) in [4.78, 5) is 32.5. The molecule has 3 heterocycles. The average Bonchev–Trinajstić information content (AvgIpc) is 3.58. The van der Waals surface area contributed by atoms with Crippen LogP contribution in [0, 0.1) is 19.8 Å². The predicted octanol–water partition coefficient (Wildman–Crippen LogP) is 4.54. The standard InChI is InChI=1S/C36H46N4O7S/c1-5-46-36-27(15-19-45-21-20-44-18-9-17-41)28(33-25(3)39(4)40(35(33)43)26-10-7-6-8-11-26)23-30(47-36)34(42)37-16-14-32-38-29-13-12-24(2)22-31(29)48-32/h6-8,10-13,22-23,27-28,36,41H,5,9,14-21H2,1-4H3,(H,37,42). The molecule has 11 nitrogen and oxygen atoms in total. The van der Waals surface area contributed by atoms with Crippen molar-refractivity contribution in [3.05, 3.63) is 92.5 Å². The third-order valence-electron chi connectivity index (χ3n) is 8.50. The maximum Gasteiger partial charge on any atom is 0.286 e. The number of aliphatic hydroxyl groups is 1. The van der Waals surface area contributed by atoms with Gasteiger partial charge in [-0.2, -0.15) is 0 Å². The number of benzene rings is 2. The van der Waals surface area contributed by atoms with E-state index in [4.69, 9.17) is 29.0 Å². The minimum Gasteiger partial charge on any atom is -0.459 e. The van der Waals surface area contributed by atoms with Gasteiger partial charge < -0.3 is 29.4 Å². The average molecular weight is 679 g/mol. The van der Waals surface area contributed by atoms with Crippen LogP contribution in [-0.2, 0) is 37.2 Å². The number of hydrogen-bond donors (Lipinski definition) is 2. The number of aromatic nitrogens is 3. The van der Waals surface area contributed by atoms with E-state index >= 15 is 0 Å². The molecule has 4 aromatic rings. The normalized spacial score (nSPS) is 17.8. The lowest BCUT2D eigenvalue weighted by Gasteiger charge is -2.36. The zero-order valence-corrected chi connectivity index (χ0v) is 29.0. The van der Waals surface area contributed by atoms with Crippen molar-refractivity contribution >= 4 is 27.5 Å². The fraction of sp³-hybridized carbons (Fsp3) is 0.472. The van der Waals surface area contributed by atoms with Gasteiger partial charge in [-0.3, -0.25) is 14.3 Å². The molecule has 48 heavy (non-hydrogen) atoms. The number of amides is 1. The molecule has 0 radical (unpaired) electrons. The van der Waals surface area contributed by atoms with E-state index in [9.17, 15) is 9.59 Å². The minimum absolute atomic E-state index is 0.0873. The Morgan fingerprint density at radius 3 is 2.60 bits per heavy atom. The molecule has 0 bridgehead atoms. The van der Waals surface area contributed by atoms with Gasteiger partial charge in [0.15, 0.2) is 5.76 Å². The molecule has 1 amide bonds. The molecule has 2 aromatic heterocycles. The fourth-order valence-corrected chi connectivity index (χ4v) is 7.07. The predicted molar refractivity (Wildman–Crippen MR) is 186 cm³/mol. The lowest BCUT2D eigenvalue weighted by Crippen LogP contribution is -2.41. The second-order valence-corrected chi connectivity index (χ2v) is 12.9. The van der Waals surface area contributed by atoms with Crippen LogP contribution in [0.1, 0.15) is 47.5 Å². The zero-order valence-electron chi connectivity index (χ0n) is 28.1. The Hall–Kier alpha value is -3.81. The van der Waals surface area contributed by atoms with Crippen molar-refractivity contribution in [1.82, 2.24) is 19.7 Å². The molecule has 12 heteroatoms. The van der Waals surface area contributed by atoms with Gasteiger partial charge in [-0.25, -0.2) is 9.67 Å². The Bertz CT molecular complexity index is 1750. The summed E-state index contributed by atoms with van der Waals surface area (Å²) in [6, 6.07) is 15.7. The molecule has 1 aliphatic rings. The van der Waals surface area contributed by atoms with Crippen LogP contribution in [0.4, 0.5) is 0 Å². The van der Waals surface area contributed by atoms with E-state index in [0.717, 1.165) is 26.6 Å². The van der Waals surface area contributed by atoms with Crippen molar-refractivity contribution in [2.75, 3.05) is 46.2 Å². The number of ether oxygens (including phenoxy) is 4. The molecule has 2 aromatic carbocycles. The van der Waals surface area contributed by atoms with Gasteiger partial charge >= 0.3 is 0 Å². The van der Waals surface area contributed by atoms with Crippen molar-refractivity contribution in [3.8, 4) is 5.69 Å². The number of hydrogen-bond acceptors (Lipinski definition) is 9. The molecule has 3 unspecified atom stereocenters. The third kappa shape index (κ3) is 8.42. The lowest BCUT2D eigenvalue weighted by atomic mass is 9.81. The summed E-state index contributed by atoms with van der Waals surface area (Å²) in [5.74, 6) is -1.02. The molecule has 2 N–H and O–H groups in total. The molecule has 0 saturated heterocycles. The Morgan fingerprint density at radius 2 is 1.85 bits per heavy atom. The molecule has 0 spiro atoms. The summed E-state index contributed by atoms with van der Waals surface area (Å²) in [6.07, 6.45) is 2.68. The Morgan fingerprint density at radius 1 is 1.08 bits per heavy atom. The van der Waals surface area contributed by atoms with E-state index in [0.29, 0.717) is 64.4 Å². The van der Waals surface area contributed by atoms with Gasteiger partial charge in [0.1, 0.15) is 0 Å². The van der Waals surface area contributed by atoms with Crippen molar-refractivity contribution in [2.24, 2.45) is 13.0 Å². The van der Waals surface area contributed by atoms with Gasteiger partial charge in [-0.15, -0.1) is 11.3 Å². The second-order valence-electron chi connectivity index (χ2n) is 11.8. The number of aryl methyl sites for hydroxylation is 1. The van der Waals surface area contributed by atoms with Crippen molar-refractivity contribution < 1.29 is 28.8 Å². The molecule has 258 valence electrons. The summed E-state index contributed by atoms with van der Waals surface area (Å²) >= 11 is 1.63. The Kier molecular flexibility index (Phi) is 12.6. The van der Waals surface area contributed by atoms with Crippen LogP contribution in [0.15, 0.2) is 65.2 Å². The number of rotatable bonds is 17. The van der Waals surface area contributed by atoms with Crippen molar-refractivity contribution in [1.29, 1.82) is 0 Å². The number of para-hydroxylation sites is 1. The van der Waals surface area contributed by atoms with Crippen LogP contribution in [0.3, 0.4) is 0 Å². The SMILES string of the molecule is CCOC1OC(C(=O)NCCc2nc3ccc(C)cc3s2)=CC(c2c(C)n(C)n(-c3ccccc3)c2=O)C1CCOCCOCCCO. The smallest absolute Gasteiger partial charge is 0.286 e. The molecule has 0 fully saturated rings. The number of carbonyl (C=O) groups excluding carboxylic acids is 1. The molecular weight excluding hydrogens is 632 g/mol. The monoisotopic (exact) mass is 678 g/mol. The number of carbonyl (C=O) groups is 1. The van der Waals surface area contributed by atoms with Crippen molar-refractivity contribution in [3.63, 3.8) is 0 Å². The Labute approximate surface area is 285 Å². The molecular formula is C36H46N4O7S. The van der Waals surface area contributed by atoms with E-state index in [1.165, 1.54) is 5.56 Å². The first kappa shape index (κ1) is 35.5. The number of allylic oxidation sites excluding steroid dienone is 1. The van der Waals surface area contributed by atoms with Gasteiger partial charge in [-0.1, -0.05) is 24.3 Å². The molecule has 0 saturated carbocycles. The number of aliphatic hydroxyl groups excluding tert-OH is 1. The molecule has 1 aliphatic heterocycles. The fourth-order valence-electron chi connectivity index (χ4n) is 6.01. The highest BCUT2D eigenvalue weighted by molar-refractivity contribution is 7.18. The van der Waals surface area contributed by atoms with Crippen LogP contribution >= 0.6 is 11.3 Å². The number of fused-ring (bicyclic) bond motifs is 1. The first-order valence-corrected chi connectivity index (χ1v) is 17.4. The summed E-state index contributed by atoms with van der Waals surface area (Å²) < 4.78 is 28.3. The number of nitrogens with zero attached hydrogens (tertiary/aromatic N) is 3. The summed E-state index contributed by atoms with van der Waals surface area (Å²) in [6.45, 7) is 8.36. The lowest BCUT2D eigenvalue weighted by molar-refractivity contribution is -0.168. The second kappa shape index (κ2) is 17.0. The highest BCUT2D eigenvalue weighted by Crippen LogP contribution is 2.39. The first-order chi connectivity index (χ1) is 23.3. The van der Waals surface area contributed by atoms with Crippen LogP contribution in [0.2, 0.25) is 0 Å².